The van der Waals surface area contributed by atoms with Crippen LogP contribution >= 0.6 is 0 Å². The molecule has 0 aromatic carbocycles. The highest BCUT2D eigenvalue weighted by atomic mass is 16.1. The third-order valence-corrected chi connectivity index (χ3v) is 2.45. The second-order valence-electron chi connectivity index (χ2n) is 3.57. The molecule has 0 aromatic rings. The summed E-state index contributed by atoms with van der Waals surface area (Å²) >= 11 is 0. The van der Waals surface area contributed by atoms with E-state index in [2.05, 4.69) is 23.8 Å². The highest BCUT2D eigenvalue weighted by molar-refractivity contribution is 5.96. The summed E-state index contributed by atoms with van der Waals surface area (Å²) in [7, 11) is 0. The Morgan fingerprint density at radius 2 is 2.33 bits per heavy atom. The maximum absolute atomic E-state index is 11.6. The molecule has 0 unspecified atom stereocenters. The van der Waals surface area contributed by atoms with Crippen LogP contribution in [0, 0.1) is 0 Å². The lowest BCUT2D eigenvalue weighted by atomic mass is 10.2. The zero-order chi connectivity index (χ0) is 11.1. The lowest BCUT2D eigenvalue weighted by Gasteiger charge is -2.11. The van der Waals surface area contributed by atoms with Crippen LogP contribution in [-0.4, -0.2) is 25.0 Å². The molecule has 0 spiro atoms. The molecule has 1 aliphatic rings. The predicted octanol–water partition coefficient (Wildman–Crippen LogP) is 1.15. The van der Waals surface area contributed by atoms with E-state index >= 15 is 0 Å². The first kappa shape index (κ1) is 11.7. The van der Waals surface area contributed by atoms with Gasteiger partial charge in [0.1, 0.15) is 0 Å². The van der Waals surface area contributed by atoms with Gasteiger partial charge >= 0.3 is 0 Å². The van der Waals surface area contributed by atoms with Crippen LogP contribution in [0.3, 0.4) is 0 Å². The van der Waals surface area contributed by atoms with Crippen molar-refractivity contribution in [2.45, 2.75) is 18.9 Å². The van der Waals surface area contributed by atoms with E-state index in [0.717, 1.165) is 13.0 Å². The van der Waals surface area contributed by atoms with Crippen LogP contribution in [0.25, 0.3) is 0 Å². The van der Waals surface area contributed by atoms with Crippen molar-refractivity contribution < 1.29 is 4.79 Å². The number of rotatable bonds is 5. The Morgan fingerprint density at radius 3 is 2.87 bits per heavy atom. The molecule has 1 fully saturated rings. The fourth-order valence-electron chi connectivity index (χ4n) is 1.61. The van der Waals surface area contributed by atoms with Gasteiger partial charge in [-0.2, -0.15) is 0 Å². The van der Waals surface area contributed by atoms with Crippen molar-refractivity contribution >= 4 is 5.91 Å². The van der Waals surface area contributed by atoms with Gasteiger partial charge in [0.15, 0.2) is 0 Å². The van der Waals surface area contributed by atoms with E-state index in [1.807, 2.05) is 0 Å². The number of carbonyl (C=O) groups excluding carboxylic acids is 1. The lowest BCUT2D eigenvalue weighted by molar-refractivity contribution is -0.117. The maximum Gasteiger partial charge on any atom is 0.251 e. The molecular weight excluding hydrogens is 188 g/mol. The molecule has 3 nitrogen and oxygen atoms in total. The van der Waals surface area contributed by atoms with Crippen LogP contribution in [-0.2, 0) is 4.79 Å². The zero-order valence-corrected chi connectivity index (χ0v) is 8.96. The molecule has 2 N–H and O–H groups in total. The van der Waals surface area contributed by atoms with Crippen molar-refractivity contribution in [3.8, 4) is 0 Å². The van der Waals surface area contributed by atoms with Crippen LogP contribution in [0.5, 0.6) is 0 Å². The van der Waals surface area contributed by atoms with Gasteiger partial charge in [-0.25, -0.2) is 0 Å². The first-order valence-electron chi connectivity index (χ1n) is 5.24. The van der Waals surface area contributed by atoms with E-state index in [9.17, 15) is 4.79 Å². The average molecular weight is 206 g/mol. The van der Waals surface area contributed by atoms with Crippen molar-refractivity contribution in [1.82, 2.24) is 10.6 Å². The zero-order valence-electron chi connectivity index (χ0n) is 8.96. The molecule has 1 saturated heterocycles. The van der Waals surface area contributed by atoms with Gasteiger partial charge in [-0.15, -0.1) is 0 Å². The average Bonchev–Trinajstić information content (AvgIpc) is 2.75. The Bertz CT molecular complexity index is 275. The molecule has 0 saturated carbocycles. The fraction of sp³-hybridized carbons (Fsp3) is 0.417. The lowest BCUT2D eigenvalue weighted by Crippen LogP contribution is -2.37. The molecule has 0 radical (unpaired) electrons. The number of carbonyl (C=O) groups is 1. The van der Waals surface area contributed by atoms with Crippen LogP contribution in [0.4, 0.5) is 0 Å². The molecule has 1 rings (SSSR count). The number of hydrogen-bond acceptors (Lipinski definition) is 2. The number of allylic oxidation sites excluding steroid dienone is 2. The largest absolute Gasteiger partial charge is 0.350 e. The smallest absolute Gasteiger partial charge is 0.251 e. The van der Waals surface area contributed by atoms with Crippen LogP contribution < -0.4 is 10.6 Å². The Balaban J connectivity index is 2.36. The van der Waals surface area contributed by atoms with E-state index in [1.165, 1.54) is 6.42 Å². The molecule has 0 bridgehead atoms. The number of amides is 1. The predicted molar refractivity (Wildman–Crippen MR) is 62.5 cm³/mol. The molecule has 82 valence electrons. The van der Waals surface area contributed by atoms with Crippen molar-refractivity contribution in [2.24, 2.45) is 0 Å². The fourth-order valence-corrected chi connectivity index (χ4v) is 1.61. The number of nitrogens with one attached hydrogen (secondary N) is 2. The Hall–Kier alpha value is -1.35. The van der Waals surface area contributed by atoms with Gasteiger partial charge in [-0.05, 0) is 19.4 Å². The van der Waals surface area contributed by atoms with Crippen molar-refractivity contribution in [2.75, 3.05) is 13.1 Å². The topological polar surface area (TPSA) is 41.1 Å². The van der Waals surface area contributed by atoms with E-state index in [1.54, 1.807) is 18.2 Å². The minimum Gasteiger partial charge on any atom is -0.350 e. The summed E-state index contributed by atoms with van der Waals surface area (Å²) in [5.74, 6) is -0.0846. The van der Waals surface area contributed by atoms with Gasteiger partial charge in [0.25, 0.3) is 5.91 Å². The summed E-state index contributed by atoms with van der Waals surface area (Å²) < 4.78 is 0. The van der Waals surface area contributed by atoms with Crippen LogP contribution in [0.1, 0.15) is 12.8 Å². The third-order valence-electron chi connectivity index (χ3n) is 2.45. The molecule has 0 aromatic heterocycles. The maximum atomic E-state index is 11.6. The van der Waals surface area contributed by atoms with Gasteiger partial charge < -0.3 is 10.6 Å². The van der Waals surface area contributed by atoms with Crippen LogP contribution in [0.2, 0.25) is 0 Å². The summed E-state index contributed by atoms with van der Waals surface area (Å²) in [5.41, 5.74) is 0.558. The van der Waals surface area contributed by atoms with Gasteiger partial charge in [-0.1, -0.05) is 31.4 Å². The molecular formula is C12H18N2O. The molecule has 1 aliphatic heterocycles. The van der Waals surface area contributed by atoms with Crippen molar-refractivity contribution in [1.29, 1.82) is 0 Å². The van der Waals surface area contributed by atoms with E-state index in [0.29, 0.717) is 18.2 Å². The summed E-state index contributed by atoms with van der Waals surface area (Å²) in [6.07, 6.45) is 7.11. The Labute approximate surface area is 90.9 Å². The summed E-state index contributed by atoms with van der Waals surface area (Å²) in [4.78, 5) is 11.6. The highest BCUT2D eigenvalue weighted by Crippen LogP contribution is 2.04. The normalized spacial score (nSPS) is 21.1. The van der Waals surface area contributed by atoms with E-state index in [4.69, 9.17) is 0 Å². The van der Waals surface area contributed by atoms with Crippen LogP contribution in [0.15, 0.2) is 37.0 Å². The van der Waals surface area contributed by atoms with Gasteiger partial charge in [0.2, 0.25) is 0 Å². The molecule has 15 heavy (non-hydrogen) atoms. The SMILES string of the molecule is C=C/C=C(\C=C)C(=O)NC[C@H]1CCCN1. The molecule has 0 aliphatic carbocycles. The Kier molecular flexibility index (Phi) is 4.84. The van der Waals surface area contributed by atoms with Gasteiger partial charge in [0, 0.05) is 18.2 Å². The second kappa shape index (κ2) is 6.19. The molecule has 1 heterocycles. The monoisotopic (exact) mass is 206 g/mol. The van der Waals surface area contributed by atoms with Crippen molar-refractivity contribution in [3.05, 3.63) is 37.0 Å². The molecule has 3 heteroatoms. The molecule has 1 atom stereocenters. The van der Waals surface area contributed by atoms with Gasteiger partial charge in [0.05, 0.1) is 0 Å². The Morgan fingerprint density at radius 1 is 1.53 bits per heavy atom. The minimum absolute atomic E-state index is 0.0846. The minimum atomic E-state index is -0.0846. The highest BCUT2D eigenvalue weighted by Gasteiger charge is 2.14. The first-order valence-corrected chi connectivity index (χ1v) is 5.24. The van der Waals surface area contributed by atoms with Gasteiger partial charge in [-0.3, -0.25) is 4.79 Å². The standard InChI is InChI=1S/C12H18N2O/c1-3-6-10(4-2)12(15)14-9-11-7-5-8-13-11/h3-4,6,11,13H,1-2,5,7-9H2,(H,14,15)/b10-6+/t11-/m1/s1. The third kappa shape index (κ3) is 3.72. The summed E-state index contributed by atoms with van der Waals surface area (Å²) in [6.45, 7) is 8.87. The van der Waals surface area contributed by atoms with E-state index < -0.39 is 0 Å². The van der Waals surface area contributed by atoms with Crippen molar-refractivity contribution in [3.63, 3.8) is 0 Å². The second-order valence-corrected chi connectivity index (χ2v) is 3.57. The van der Waals surface area contributed by atoms with E-state index in [-0.39, 0.29) is 5.91 Å². The first-order chi connectivity index (χ1) is 7.27. The number of hydrogen-bond donors (Lipinski definition) is 2. The summed E-state index contributed by atoms with van der Waals surface area (Å²) in [6, 6.07) is 0.420. The molecule has 1 amide bonds. The quantitative estimate of drug-likeness (QED) is 0.523. The summed E-state index contributed by atoms with van der Waals surface area (Å²) in [5, 5.41) is 6.19.